The number of hydrogen-bond donors (Lipinski definition) is 1. The zero-order valence-electron chi connectivity index (χ0n) is 13.7. The number of nitrogens with zero attached hydrogens (tertiary/aromatic N) is 3. The number of hydrogen-bond acceptors (Lipinski definition) is 7. The van der Waals surface area contributed by atoms with Gasteiger partial charge in [0.15, 0.2) is 0 Å². The van der Waals surface area contributed by atoms with Crippen molar-refractivity contribution in [2.45, 2.75) is 11.0 Å². The van der Waals surface area contributed by atoms with Crippen LogP contribution in [0.25, 0.3) is 0 Å². The van der Waals surface area contributed by atoms with Crippen molar-refractivity contribution in [3.05, 3.63) is 35.2 Å². The van der Waals surface area contributed by atoms with Gasteiger partial charge in [0, 0.05) is 7.05 Å². The topological polar surface area (TPSA) is 88.3 Å². The number of halogens is 1. The summed E-state index contributed by atoms with van der Waals surface area (Å²) in [4.78, 5) is 25.5. The van der Waals surface area contributed by atoms with Crippen molar-refractivity contribution < 1.29 is 14.0 Å². The van der Waals surface area contributed by atoms with Crippen LogP contribution in [-0.4, -0.2) is 52.5 Å². The third-order valence-corrected chi connectivity index (χ3v) is 4.66. The number of para-hydroxylation sites is 1. The number of anilines is 1. The van der Waals surface area contributed by atoms with E-state index in [2.05, 4.69) is 15.5 Å². The first kappa shape index (κ1) is 19.6. The molecule has 0 saturated carbocycles. The first-order valence-electron chi connectivity index (χ1n) is 7.22. The van der Waals surface area contributed by atoms with E-state index in [1.54, 1.807) is 43.1 Å². The fourth-order valence-electron chi connectivity index (χ4n) is 1.77. The number of rotatable bonds is 8. The van der Waals surface area contributed by atoms with Crippen LogP contribution >= 0.6 is 35.1 Å². The number of benzene rings is 1. The van der Waals surface area contributed by atoms with Gasteiger partial charge in [-0.25, -0.2) is 0 Å². The molecule has 0 aliphatic heterocycles. The summed E-state index contributed by atoms with van der Waals surface area (Å²) in [5.74, 6) is 0.716. The molecule has 0 atom stereocenters. The van der Waals surface area contributed by atoms with Crippen LogP contribution in [0.5, 0.6) is 0 Å². The van der Waals surface area contributed by atoms with Crippen LogP contribution < -0.4 is 5.32 Å². The SMILES string of the molecule is CSCc1nnc(SCC(=O)N(C)CC(=O)Nc2ccccc2Cl)o1. The van der Waals surface area contributed by atoms with Gasteiger partial charge in [0.05, 0.1) is 28.8 Å². The molecule has 7 nitrogen and oxygen atoms in total. The summed E-state index contributed by atoms with van der Waals surface area (Å²) in [6.45, 7) is -0.0772. The van der Waals surface area contributed by atoms with Crippen molar-refractivity contribution in [1.29, 1.82) is 0 Å². The summed E-state index contributed by atoms with van der Waals surface area (Å²) < 4.78 is 5.38. The monoisotopic (exact) mass is 400 g/mol. The Kier molecular flexibility index (Phi) is 7.60. The highest BCUT2D eigenvalue weighted by atomic mass is 35.5. The predicted octanol–water partition coefficient (Wildman–Crippen LogP) is 2.78. The van der Waals surface area contributed by atoms with Gasteiger partial charge in [-0.3, -0.25) is 9.59 Å². The number of aromatic nitrogens is 2. The smallest absolute Gasteiger partial charge is 0.277 e. The van der Waals surface area contributed by atoms with E-state index >= 15 is 0 Å². The average Bonchev–Trinajstić information content (AvgIpc) is 3.02. The Morgan fingerprint density at radius 3 is 2.80 bits per heavy atom. The van der Waals surface area contributed by atoms with Crippen LogP contribution in [0.15, 0.2) is 33.9 Å². The summed E-state index contributed by atoms with van der Waals surface area (Å²) in [5, 5.41) is 11.2. The Morgan fingerprint density at radius 1 is 1.32 bits per heavy atom. The second kappa shape index (κ2) is 9.69. The maximum Gasteiger partial charge on any atom is 0.277 e. The summed E-state index contributed by atoms with van der Waals surface area (Å²) in [7, 11) is 1.56. The fourth-order valence-corrected chi connectivity index (χ4v) is 3.04. The summed E-state index contributed by atoms with van der Waals surface area (Å²) in [5.41, 5.74) is 0.511. The van der Waals surface area contributed by atoms with Crippen LogP contribution in [0.1, 0.15) is 5.89 Å². The van der Waals surface area contributed by atoms with Crippen molar-refractivity contribution in [1.82, 2.24) is 15.1 Å². The van der Waals surface area contributed by atoms with E-state index in [0.29, 0.717) is 27.6 Å². The van der Waals surface area contributed by atoms with Gasteiger partial charge in [0.1, 0.15) is 0 Å². The van der Waals surface area contributed by atoms with E-state index in [9.17, 15) is 9.59 Å². The molecule has 1 heterocycles. The van der Waals surface area contributed by atoms with Gasteiger partial charge in [-0.15, -0.1) is 10.2 Å². The van der Waals surface area contributed by atoms with Gasteiger partial charge in [0.25, 0.3) is 5.22 Å². The maximum atomic E-state index is 12.1. The minimum atomic E-state index is -0.325. The molecule has 2 amide bonds. The minimum Gasteiger partial charge on any atom is -0.415 e. The van der Waals surface area contributed by atoms with Gasteiger partial charge in [-0.05, 0) is 18.4 Å². The van der Waals surface area contributed by atoms with Crippen LogP contribution in [0.2, 0.25) is 5.02 Å². The molecule has 0 unspecified atom stereocenters. The van der Waals surface area contributed by atoms with E-state index in [1.807, 2.05) is 6.26 Å². The van der Waals surface area contributed by atoms with Crippen molar-refractivity contribution in [2.24, 2.45) is 0 Å². The van der Waals surface area contributed by atoms with E-state index in [1.165, 1.54) is 4.90 Å². The lowest BCUT2D eigenvalue weighted by atomic mass is 10.3. The molecule has 0 saturated heterocycles. The zero-order valence-corrected chi connectivity index (χ0v) is 16.1. The van der Waals surface area contributed by atoms with Gasteiger partial charge < -0.3 is 14.6 Å². The Balaban J connectivity index is 1.79. The molecular weight excluding hydrogens is 384 g/mol. The highest BCUT2D eigenvalue weighted by Crippen LogP contribution is 2.20. The summed E-state index contributed by atoms with van der Waals surface area (Å²) in [6, 6.07) is 6.91. The molecule has 0 fully saturated rings. The molecular formula is C15H17ClN4O3S2. The molecule has 2 rings (SSSR count). The van der Waals surface area contributed by atoms with Crippen LogP contribution in [0, 0.1) is 0 Å². The summed E-state index contributed by atoms with van der Waals surface area (Å²) >= 11 is 8.70. The highest BCUT2D eigenvalue weighted by Gasteiger charge is 2.16. The van der Waals surface area contributed by atoms with Crippen LogP contribution in [-0.2, 0) is 15.3 Å². The Hall–Kier alpha value is -1.71. The molecule has 134 valence electrons. The Morgan fingerprint density at radius 2 is 2.08 bits per heavy atom. The van der Waals surface area contributed by atoms with Crippen molar-refractivity contribution in [3.63, 3.8) is 0 Å². The van der Waals surface area contributed by atoms with Crippen LogP contribution in [0.3, 0.4) is 0 Å². The van der Waals surface area contributed by atoms with E-state index in [0.717, 1.165) is 11.8 Å². The number of thioether (sulfide) groups is 2. The fraction of sp³-hybridized carbons (Fsp3) is 0.333. The lowest BCUT2D eigenvalue weighted by Gasteiger charge is -2.16. The standard InChI is InChI=1S/C15H17ClN4O3S2/c1-20(7-12(21)17-11-6-4-3-5-10(11)16)14(22)9-25-15-19-18-13(23-15)8-24-2/h3-6H,7-9H2,1-2H3,(H,17,21). The highest BCUT2D eigenvalue weighted by molar-refractivity contribution is 7.99. The second-order valence-corrected chi connectivity index (χ2v) is 7.16. The molecule has 1 N–H and O–H groups in total. The normalized spacial score (nSPS) is 10.5. The quantitative estimate of drug-likeness (QED) is 0.681. The lowest BCUT2D eigenvalue weighted by Crippen LogP contribution is -2.36. The van der Waals surface area contributed by atoms with Crippen LogP contribution in [0.4, 0.5) is 5.69 Å². The number of carbonyl (C=O) groups is 2. The van der Waals surface area contributed by atoms with Gasteiger partial charge in [-0.2, -0.15) is 11.8 Å². The minimum absolute atomic E-state index is 0.0772. The second-order valence-electron chi connectivity index (χ2n) is 4.96. The third-order valence-electron chi connectivity index (χ3n) is 2.99. The molecule has 2 aromatic rings. The Bertz CT molecular complexity index is 741. The van der Waals surface area contributed by atoms with Crippen molar-refractivity contribution in [2.75, 3.05) is 30.9 Å². The third kappa shape index (κ3) is 6.26. The molecule has 0 radical (unpaired) electrons. The van der Waals surface area contributed by atoms with Gasteiger partial charge >= 0.3 is 0 Å². The first-order chi connectivity index (χ1) is 12.0. The molecule has 0 bridgehead atoms. The lowest BCUT2D eigenvalue weighted by molar-refractivity contribution is -0.131. The maximum absolute atomic E-state index is 12.1. The first-order valence-corrected chi connectivity index (χ1v) is 9.97. The molecule has 10 heteroatoms. The number of nitrogens with one attached hydrogen (secondary N) is 1. The molecule has 0 spiro atoms. The molecule has 0 aliphatic rings. The van der Waals surface area contributed by atoms with Crippen molar-refractivity contribution >= 4 is 52.6 Å². The molecule has 1 aromatic carbocycles. The molecule has 1 aromatic heterocycles. The van der Waals surface area contributed by atoms with Crippen molar-refractivity contribution in [3.8, 4) is 0 Å². The zero-order chi connectivity index (χ0) is 18.2. The van der Waals surface area contributed by atoms with E-state index < -0.39 is 0 Å². The van der Waals surface area contributed by atoms with Gasteiger partial charge in [0.2, 0.25) is 17.7 Å². The van der Waals surface area contributed by atoms with E-state index in [-0.39, 0.29) is 24.1 Å². The predicted molar refractivity (Wildman–Crippen MR) is 100.0 cm³/mol. The average molecular weight is 401 g/mol. The molecule has 25 heavy (non-hydrogen) atoms. The molecule has 0 aliphatic carbocycles. The number of amides is 2. The van der Waals surface area contributed by atoms with Gasteiger partial charge in [-0.1, -0.05) is 35.5 Å². The largest absolute Gasteiger partial charge is 0.415 e. The summed E-state index contributed by atoms with van der Waals surface area (Å²) in [6.07, 6.45) is 1.93. The number of likely N-dealkylation sites (N-methyl/N-ethyl adjacent to an activating group) is 1. The van der Waals surface area contributed by atoms with E-state index in [4.69, 9.17) is 16.0 Å². The number of carbonyl (C=O) groups excluding carboxylic acids is 2. The Labute approximate surface area is 158 Å².